The van der Waals surface area contributed by atoms with Gasteiger partial charge in [0.15, 0.2) is 0 Å². The third-order valence-corrected chi connectivity index (χ3v) is 5.97. The number of pyridine rings is 2. The highest BCUT2D eigenvalue weighted by molar-refractivity contribution is 7.22. The summed E-state index contributed by atoms with van der Waals surface area (Å²) >= 11 is 1.78. The molecule has 0 saturated carbocycles. The van der Waals surface area contributed by atoms with Crippen LogP contribution in [0.5, 0.6) is 0 Å². The largest absolute Gasteiger partial charge is 0.366 e. The molecule has 0 radical (unpaired) electrons. The number of nitrogens with one attached hydrogen (secondary N) is 1. The highest BCUT2D eigenvalue weighted by Crippen LogP contribution is 2.34. The van der Waals surface area contributed by atoms with Gasteiger partial charge in [0.2, 0.25) is 0 Å². The third kappa shape index (κ3) is 3.90. The molecule has 0 amide bonds. The fourth-order valence-electron chi connectivity index (χ4n) is 3.34. The lowest BCUT2D eigenvalue weighted by molar-refractivity contribution is 1.02. The summed E-state index contributed by atoms with van der Waals surface area (Å²) in [5, 5.41) is 4.63. The summed E-state index contributed by atoms with van der Waals surface area (Å²) in [5.41, 5.74) is 4.07. The van der Waals surface area contributed by atoms with Gasteiger partial charge in [-0.15, -0.1) is 11.3 Å². The maximum absolute atomic E-state index is 4.64. The van der Waals surface area contributed by atoms with Gasteiger partial charge in [-0.25, -0.2) is 9.97 Å². The van der Waals surface area contributed by atoms with Crippen molar-refractivity contribution >= 4 is 27.2 Å². The molecule has 0 saturated heterocycles. The zero-order chi connectivity index (χ0) is 20.3. The molecule has 0 aliphatic heterocycles. The Kier molecular flexibility index (Phi) is 4.91. The third-order valence-electron chi connectivity index (χ3n) is 4.80. The summed E-state index contributed by atoms with van der Waals surface area (Å²) in [5.74, 6) is 1.51. The zero-order valence-corrected chi connectivity index (χ0v) is 17.2. The van der Waals surface area contributed by atoms with Crippen molar-refractivity contribution in [1.82, 2.24) is 19.9 Å². The van der Waals surface area contributed by atoms with Crippen molar-refractivity contribution in [1.29, 1.82) is 0 Å². The zero-order valence-electron chi connectivity index (χ0n) is 16.4. The average Bonchev–Trinajstić information content (AvgIpc) is 3.23. The van der Waals surface area contributed by atoms with E-state index in [2.05, 4.69) is 61.7 Å². The lowest BCUT2D eigenvalue weighted by Crippen LogP contribution is -2.04. The van der Waals surface area contributed by atoms with Crippen molar-refractivity contribution in [2.24, 2.45) is 0 Å². The second-order valence-corrected chi connectivity index (χ2v) is 8.09. The molecule has 0 spiro atoms. The molecule has 0 bridgehead atoms. The van der Waals surface area contributed by atoms with Gasteiger partial charge in [-0.2, -0.15) is 0 Å². The number of fused-ring (bicyclic) bond motifs is 1. The lowest BCUT2D eigenvalue weighted by atomic mass is 10.1. The van der Waals surface area contributed by atoms with E-state index in [0.717, 1.165) is 34.0 Å². The van der Waals surface area contributed by atoms with Crippen LogP contribution in [0.4, 0.5) is 5.82 Å². The minimum atomic E-state index is 0.679. The van der Waals surface area contributed by atoms with Crippen molar-refractivity contribution in [3.8, 4) is 21.7 Å². The van der Waals surface area contributed by atoms with E-state index in [1.165, 1.54) is 15.0 Å². The van der Waals surface area contributed by atoms with Crippen LogP contribution in [-0.4, -0.2) is 19.9 Å². The highest BCUT2D eigenvalue weighted by Gasteiger charge is 2.09. The van der Waals surface area contributed by atoms with Crippen LogP contribution in [0.25, 0.3) is 31.8 Å². The number of rotatable bonds is 5. The summed E-state index contributed by atoms with van der Waals surface area (Å²) in [6, 6.07) is 18.7. The summed E-state index contributed by atoms with van der Waals surface area (Å²) < 4.78 is 1.28. The Hall–Kier alpha value is -3.64. The van der Waals surface area contributed by atoms with Crippen LogP contribution >= 0.6 is 11.3 Å². The standard InChI is InChI=1S/C24H19N5S/c1-16-28-21(12-24(29-16)27-13-17-6-8-25-9-7-17)19-10-20(15-26-14-19)23-11-18-4-2-3-5-22(18)30-23/h2-12,14-15H,13H2,1H3,(H,27,28,29). The quantitative estimate of drug-likeness (QED) is 0.401. The van der Waals surface area contributed by atoms with Crippen LogP contribution in [-0.2, 0) is 6.54 Å². The number of anilines is 1. The van der Waals surface area contributed by atoms with E-state index in [0.29, 0.717) is 6.54 Å². The maximum Gasteiger partial charge on any atom is 0.130 e. The molecular formula is C24H19N5S. The molecule has 0 fully saturated rings. The molecule has 5 rings (SSSR count). The van der Waals surface area contributed by atoms with Crippen molar-refractivity contribution in [2.45, 2.75) is 13.5 Å². The number of hydrogen-bond donors (Lipinski definition) is 1. The molecule has 5 aromatic rings. The number of aromatic nitrogens is 4. The van der Waals surface area contributed by atoms with Gasteiger partial charge in [-0.05, 0) is 48.2 Å². The van der Waals surface area contributed by atoms with Crippen LogP contribution in [0, 0.1) is 6.92 Å². The van der Waals surface area contributed by atoms with Gasteiger partial charge in [0.05, 0.1) is 5.69 Å². The molecule has 6 heteroatoms. The van der Waals surface area contributed by atoms with E-state index < -0.39 is 0 Å². The lowest BCUT2D eigenvalue weighted by Gasteiger charge is -2.09. The molecule has 4 heterocycles. The summed E-state index contributed by atoms with van der Waals surface area (Å²) in [7, 11) is 0. The first-order valence-corrected chi connectivity index (χ1v) is 10.5. The number of thiophene rings is 1. The van der Waals surface area contributed by atoms with Gasteiger partial charge in [-0.3, -0.25) is 9.97 Å². The van der Waals surface area contributed by atoms with Crippen molar-refractivity contribution < 1.29 is 0 Å². The van der Waals surface area contributed by atoms with Gasteiger partial charge in [0.25, 0.3) is 0 Å². The second-order valence-electron chi connectivity index (χ2n) is 7.01. The van der Waals surface area contributed by atoms with Crippen molar-refractivity contribution in [3.63, 3.8) is 0 Å². The number of nitrogens with zero attached hydrogens (tertiary/aromatic N) is 4. The fraction of sp³-hybridized carbons (Fsp3) is 0.0833. The van der Waals surface area contributed by atoms with Gasteiger partial charge >= 0.3 is 0 Å². The first-order chi connectivity index (χ1) is 14.7. The monoisotopic (exact) mass is 409 g/mol. The van der Waals surface area contributed by atoms with E-state index in [-0.39, 0.29) is 0 Å². The van der Waals surface area contributed by atoms with E-state index in [4.69, 9.17) is 0 Å². The van der Waals surface area contributed by atoms with Gasteiger partial charge < -0.3 is 5.32 Å². The topological polar surface area (TPSA) is 63.6 Å². The summed E-state index contributed by atoms with van der Waals surface area (Å²) in [4.78, 5) is 18.9. The SMILES string of the molecule is Cc1nc(NCc2ccncc2)cc(-c2cncc(-c3cc4ccccc4s3)c2)n1. The Bertz CT molecular complexity index is 1280. The Morgan fingerprint density at radius 2 is 1.70 bits per heavy atom. The Morgan fingerprint density at radius 1 is 0.867 bits per heavy atom. The van der Waals surface area contributed by atoms with Crippen LogP contribution in [0.15, 0.2) is 79.4 Å². The molecule has 1 aromatic carbocycles. The van der Waals surface area contributed by atoms with E-state index in [1.54, 1.807) is 23.7 Å². The molecule has 0 unspecified atom stereocenters. The number of aryl methyl sites for hydroxylation is 1. The van der Waals surface area contributed by atoms with Crippen LogP contribution in [0.2, 0.25) is 0 Å². The predicted octanol–water partition coefficient (Wildman–Crippen LogP) is 5.74. The van der Waals surface area contributed by atoms with Crippen LogP contribution in [0.3, 0.4) is 0 Å². The molecule has 4 aromatic heterocycles. The minimum Gasteiger partial charge on any atom is -0.366 e. The molecular weight excluding hydrogens is 390 g/mol. The summed E-state index contributed by atoms with van der Waals surface area (Å²) in [6.45, 7) is 2.59. The molecule has 1 N–H and O–H groups in total. The highest BCUT2D eigenvalue weighted by atomic mass is 32.1. The Balaban J connectivity index is 1.45. The molecule has 0 aliphatic carbocycles. The molecule has 0 aliphatic rings. The Labute approximate surface area is 178 Å². The molecule has 30 heavy (non-hydrogen) atoms. The Morgan fingerprint density at radius 3 is 2.57 bits per heavy atom. The molecule has 5 nitrogen and oxygen atoms in total. The first kappa shape index (κ1) is 18.4. The second kappa shape index (κ2) is 8.00. The normalized spacial score (nSPS) is 11.0. The first-order valence-electron chi connectivity index (χ1n) is 9.67. The fourth-order valence-corrected chi connectivity index (χ4v) is 4.38. The van der Waals surface area contributed by atoms with Crippen molar-refractivity contribution in [2.75, 3.05) is 5.32 Å². The summed E-state index contributed by atoms with van der Waals surface area (Å²) in [6.07, 6.45) is 7.34. The van der Waals surface area contributed by atoms with Crippen LogP contribution in [0.1, 0.15) is 11.4 Å². The number of benzene rings is 1. The van der Waals surface area contributed by atoms with E-state index >= 15 is 0 Å². The van der Waals surface area contributed by atoms with E-state index in [1.807, 2.05) is 37.5 Å². The average molecular weight is 410 g/mol. The maximum atomic E-state index is 4.64. The van der Waals surface area contributed by atoms with Gasteiger partial charge in [0, 0.05) is 58.1 Å². The minimum absolute atomic E-state index is 0.679. The number of hydrogen-bond acceptors (Lipinski definition) is 6. The van der Waals surface area contributed by atoms with Crippen LogP contribution < -0.4 is 5.32 Å². The smallest absolute Gasteiger partial charge is 0.130 e. The van der Waals surface area contributed by atoms with Gasteiger partial charge in [-0.1, -0.05) is 18.2 Å². The van der Waals surface area contributed by atoms with E-state index in [9.17, 15) is 0 Å². The molecule has 0 atom stereocenters. The molecule has 146 valence electrons. The van der Waals surface area contributed by atoms with Gasteiger partial charge in [0.1, 0.15) is 11.6 Å². The van der Waals surface area contributed by atoms with Crippen molar-refractivity contribution in [3.05, 3.63) is 90.8 Å². The predicted molar refractivity (Wildman–Crippen MR) is 122 cm³/mol.